The van der Waals surface area contributed by atoms with Crippen molar-refractivity contribution in [2.24, 2.45) is 0 Å². The number of rotatable bonds is 3. The fraction of sp³-hybridized carbons (Fsp3) is 0.538. The maximum Gasteiger partial charge on any atom is 0.241 e. The standard InChI is InChI=1S/C13H19ClN2O2S/c1-10-11(14)4-3-5-12(10)19(17,18)16-13(2)6-8-15-9-7-13/h3-5,15-16H,6-9H2,1-2H3. The average Bonchev–Trinajstić information content (AvgIpc) is 2.32. The summed E-state index contributed by atoms with van der Waals surface area (Å²) in [5, 5.41) is 3.70. The lowest BCUT2D eigenvalue weighted by atomic mass is 9.92. The van der Waals surface area contributed by atoms with Crippen LogP contribution in [0.3, 0.4) is 0 Å². The Morgan fingerprint density at radius 1 is 1.32 bits per heavy atom. The van der Waals surface area contributed by atoms with Gasteiger partial charge in [-0.25, -0.2) is 13.1 Å². The van der Waals surface area contributed by atoms with Crippen LogP contribution < -0.4 is 10.0 Å². The summed E-state index contributed by atoms with van der Waals surface area (Å²) in [6, 6.07) is 4.95. The van der Waals surface area contributed by atoms with Crippen LogP contribution in [-0.4, -0.2) is 27.0 Å². The van der Waals surface area contributed by atoms with Crippen molar-refractivity contribution in [1.29, 1.82) is 0 Å². The second-order valence-electron chi connectivity index (χ2n) is 5.28. The SMILES string of the molecule is Cc1c(Cl)cccc1S(=O)(=O)NC1(C)CCNCC1. The van der Waals surface area contributed by atoms with E-state index in [1.807, 2.05) is 6.92 Å². The lowest BCUT2D eigenvalue weighted by Crippen LogP contribution is -2.52. The highest BCUT2D eigenvalue weighted by molar-refractivity contribution is 7.89. The van der Waals surface area contributed by atoms with Crippen molar-refractivity contribution < 1.29 is 8.42 Å². The van der Waals surface area contributed by atoms with Gasteiger partial charge in [-0.1, -0.05) is 17.7 Å². The molecular weight excluding hydrogens is 284 g/mol. The summed E-state index contributed by atoms with van der Waals surface area (Å²) in [5.74, 6) is 0. The topological polar surface area (TPSA) is 58.2 Å². The van der Waals surface area contributed by atoms with E-state index in [0.717, 1.165) is 25.9 Å². The minimum absolute atomic E-state index is 0.264. The molecule has 6 heteroatoms. The van der Waals surface area contributed by atoms with E-state index in [1.54, 1.807) is 25.1 Å². The minimum Gasteiger partial charge on any atom is -0.317 e. The van der Waals surface area contributed by atoms with E-state index in [4.69, 9.17) is 11.6 Å². The fourth-order valence-corrected chi connectivity index (χ4v) is 4.30. The highest BCUT2D eigenvalue weighted by Gasteiger charge is 2.32. The number of hydrogen-bond donors (Lipinski definition) is 2. The van der Waals surface area contributed by atoms with Crippen LogP contribution in [0.25, 0.3) is 0 Å². The van der Waals surface area contributed by atoms with Crippen molar-refractivity contribution in [1.82, 2.24) is 10.0 Å². The molecule has 1 aliphatic heterocycles. The Bertz CT molecular complexity index is 566. The van der Waals surface area contributed by atoms with Crippen LogP contribution >= 0.6 is 11.6 Å². The van der Waals surface area contributed by atoms with Crippen molar-refractivity contribution in [3.63, 3.8) is 0 Å². The molecule has 0 radical (unpaired) electrons. The zero-order valence-corrected chi connectivity index (χ0v) is 12.7. The van der Waals surface area contributed by atoms with Gasteiger partial charge in [0.2, 0.25) is 10.0 Å². The van der Waals surface area contributed by atoms with Gasteiger partial charge in [0.25, 0.3) is 0 Å². The lowest BCUT2D eigenvalue weighted by Gasteiger charge is -2.34. The molecule has 0 amide bonds. The summed E-state index contributed by atoms with van der Waals surface area (Å²) < 4.78 is 27.8. The van der Waals surface area contributed by atoms with Crippen molar-refractivity contribution in [3.8, 4) is 0 Å². The lowest BCUT2D eigenvalue weighted by molar-refractivity contribution is 0.308. The van der Waals surface area contributed by atoms with Crippen molar-refractivity contribution in [3.05, 3.63) is 28.8 Å². The molecular formula is C13H19ClN2O2S. The quantitative estimate of drug-likeness (QED) is 0.898. The molecule has 2 N–H and O–H groups in total. The molecule has 0 aliphatic carbocycles. The highest BCUT2D eigenvalue weighted by atomic mass is 35.5. The van der Waals surface area contributed by atoms with Gasteiger partial charge in [0.1, 0.15) is 0 Å². The fourth-order valence-electron chi connectivity index (χ4n) is 2.34. The molecule has 0 saturated carbocycles. The first-order chi connectivity index (χ1) is 8.84. The van der Waals surface area contributed by atoms with Gasteiger partial charge < -0.3 is 5.32 Å². The molecule has 1 aliphatic rings. The molecule has 1 aromatic carbocycles. The normalized spacial score (nSPS) is 19.3. The van der Waals surface area contributed by atoms with Gasteiger partial charge in [-0.2, -0.15) is 0 Å². The Balaban J connectivity index is 2.30. The van der Waals surface area contributed by atoms with Crippen LogP contribution in [0.1, 0.15) is 25.3 Å². The summed E-state index contributed by atoms with van der Waals surface area (Å²) in [5.41, 5.74) is 0.202. The number of nitrogens with one attached hydrogen (secondary N) is 2. The predicted octanol–water partition coefficient (Wildman–Crippen LogP) is 2.07. The molecule has 4 nitrogen and oxygen atoms in total. The van der Waals surface area contributed by atoms with Gasteiger partial charge >= 0.3 is 0 Å². The maximum absolute atomic E-state index is 12.5. The summed E-state index contributed by atoms with van der Waals surface area (Å²) in [6.45, 7) is 5.33. The van der Waals surface area contributed by atoms with E-state index in [1.165, 1.54) is 0 Å². The molecule has 19 heavy (non-hydrogen) atoms. The molecule has 0 unspecified atom stereocenters. The molecule has 106 valence electrons. The van der Waals surface area contributed by atoms with Crippen LogP contribution in [-0.2, 0) is 10.0 Å². The molecule has 2 rings (SSSR count). The monoisotopic (exact) mass is 302 g/mol. The van der Waals surface area contributed by atoms with Gasteiger partial charge in [0.15, 0.2) is 0 Å². The minimum atomic E-state index is -3.53. The first-order valence-electron chi connectivity index (χ1n) is 6.34. The number of piperidine rings is 1. The first kappa shape index (κ1) is 14.8. The predicted molar refractivity (Wildman–Crippen MR) is 77.0 cm³/mol. The maximum atomic E-state index is 12.5. The van der Waals surface area contributed by atoms with Crippen molar-refractivity contribution in [2.75, 3.05) is 13.1 Å². The second kappa shape index (κ2) is 5.40. The van der Waals surface area contributed by atoms with E-state index >= 15 is 0 Å². The van der Waals surface area contributed by atoms with Crippen LogP contribution in [0.4, 0.5) is 0 Å². The van der Waals surface area contributed by atoms with Gasteiger partial charge in [-0.05, 0) is 57.5 Å². The zero-order chi connectivity index (χ0) is 14.1. The zero-order valence-electron chi connectivity index (χ0n) is 11.2. The Kier molecular flexibility index (Phi) is 4.20. The molecule has 0 aromatic heterocycles. The van der Waals surface area contributed by atoms with E-state index in [2.05, 4.69) is 10.0 Å². The van der Waals surface area contributed by atoms with Gasteiger partial charge in [-0.15, -0.1) is 0 Å². The Hall–Kier alpha value is -0.620. The van der Waals surface area contributed by atoms with E-state index in [9.17, 15) is 8.42 Å². The van der Waals surface area contributed by atoms with Gasteiger partial charge in [-0.3, -0.25) is 0 Å². The van der Waals surface area contributed by atoms with Gasteiger partial charge in [0.05, 0.1) is 4.90 Å². The van der Waals surface area contributed by atoms with Gasteiger partial charge in [0, 0.05) is 10.6 Å². The Labute approximate surface area is 119 Å². The Morgan fingerprint density at radius 3 is 2.58 bits per heavy atom. The molecule has 1 saturated heterocycles. The number of hydrogen-bond acceptors (Lipinski definition) is 3. The molecule has 0 bridgehead atoms. The van der Waals surface area contributed by atoms with Crippen molar-refractivity contribution in [2.45, 2.75) is 37.1 Å². The summed E-state index contributed by atoms with van der Waals surface area (Å²) in [7, 11) is -3.53. The molecule has 1 heterocycles. The third-order valence-electron chi connectivity index (χ3n) is 3.60. The third-order valence-corrected chi connectivity index (χ3v) is 5.79. The summed E-state index contributed by atoms with van der Waals surface area (Å²) in [4.78, 5) is 0.264. The first-order valence-corrected chi connectivity index (χ1v) is 8.20. The van der Waals surface area contributed by atoms with Crippen LogP contribution in [0.5, 0.6) is 0 Å². The van der Waals surface area contributed by atoms with Crippen LogP contribution in [0, 0.1) is 6.92 Å². The largest absolute Gasteiger partial charge is 0.317 e. The average molecular weight is 303 g/mol. The van der Waals surface area contributed by atoms with Crippen LogP contribution in [0.15, 0.2) is 23.1 Å². The second-order valence-corrected chi connectivity index (χ2v) is 7.34. The highest BCUT2D eigenvalue weighted by Crippen LogP contribution is 2.26. The third kappa shape index (κ3) is 3.28. The number of sulfonamides is 1. The summed E-state index contributed by atoms with van der Waals surface area (Å²) in [6.07, 6.45) is 1.57. The molecule has 1 fully saturated rings. The van der Waals surface area contributed by atoms with Crippen molar-refractivity contribution >= 4 is 21.6 Å². The molecule has 1 aromatic rings. The molecule has 0 spiro atoms. The number of benzene rings is 1. The van der Waals surface area contributed by atoms with Crippen LogP contribution in [0.2, 0.25) is 5.02 Å². The summed E-state index contributed by atoms with van der Waals surface area (Å²) >= 11 is 6.00. The molecule has 0 atom stereocenters. The van der Waals surface area contributed by atoms with E-state index in [-0.39, 0.29) is 4.90 Å². The number of halogens is 1. The van der Waals surface area contributed by atoms with E-state index < -0.39 is 15.6 Å². The van der Waals surface area contributed by atoms with E-state index in [0.29, 0.717) is 10.6 Å². The Morgan fingerprint density at radius 2 is 1.95 bits per heavy atom. The smallest absolute Gasteiger partial charge is 0.241 e.